The first-order chi connectivity index (χ1) is 8.10. The van der Waals surface area contributed by atoms with E-state index in [1.165, 1.54) is 17.7 Å². The molecule has 0 aromatic carbocycles. The van der Waals surface area contributed by atoms with Gasteiger partial charge in [0.1, 0.15) is 0 Å². The van der Waals surface area contributed by atoms with Crippen molar-refractivity contribution in [2.75, 3.05) is 0 Å². The Bertz CT molecular complexity index is 421. The molecule has 0 bridgehead atoms. The second-order valence-corrected chi connectivity index (χ2v) is 5.64. The third-order valence-corrected chi connectivity index (χ3v) is 3.94. The Morgan fingerprint density at radius 1 is 1.53 bits per heavy atom. The summed E-state index contributed by atoms with van der Waals surface area (Å²) in [5.41, 5.74) is 3.70. The Kier molecular flexibility index (Phi) is 3.63. The zero-order valence-electron chi connectivity index (χ0n) is 10.4. The van der Waals surface area contributed by atoms with E-state index in [9.17, 15) is 0 Å². The third-order valence-electron chi connectivity index (χ3n) is 2.68. The summed E-state index contributed by atoms with van der Waals surface area (Å²) in [4.78, 5) is 10.1. The highest BCUT2D eigenvalue weighted by Crippen LogP contribution is 2.25. The predicted octanol–water partition coefficient (Wildman–Crippen LogP) is 1.39. The second-order valence-electron chi connectivity index (χ2n) is 4.40. The molecule has 4 N–H and O–H groups in total. The molecular formula is C11H19N5S. The number of aromatic nitrogens is 1. The summed E-state index contributed by atoms with van der Waals surface area (Å²) in [6.07, 6.45) is 2.33. The van der Waals surface area contributed by atoms with E-state index in [0.29, 0.717) is 12.0 Å². The quantitative estimate of drug-likeness (QED) is 0.329. The van der Waals surface area contributed by atoms with Crippen molar-refractivity contribution in [2.45, 2.75) is 45.7 Å². The highest BCUT2D eigenvalue weighted by Gasteiger charge is 2.22. The van der Waals surface area contributed by atoms with Crippen LogP contribution in [0, 0.1) is 13.8 Å². The zero-order chi connectivity index (χ0) is 12.4. The van der Waals surface area contributed by atoms with E-state index in [2.05, 4.69) is 27.6 Å². The van der Waals surface area contributed by atoms with Crippen LogP contribution in [0.5, 0.6) is 0 Å². The average Bonchev–Trinajstić information content (AvgIpc) is 3.02. The fourth-order valence-corrected chi connectivity index (χ4v) is 2.65. The molecule has 1 aromatic heterocycles. The van der Waals surface area contributed by atoms with Crippen LogP contribution in [-0.4, -0.2) is 17.0 Å². The van der Waals surface area contributed by atoms with Gasteiger partial charge in [-0.3, -0.25) is 5.43 Å². The lowest BCUT2D eigenvalue weighted by molar-refractivity contribution is 0.693. The lowest BCUT2D eigenvalue weighted by Crippen LogP contribution is -2.42. The SMILES string of the molecule is Cc1nc(C)c(C(C)NC(=NC2CC2)NN)s1. The number of thiazole rings is 1. The minimum atomic E-state index is 0.176. The van der Waals surface area contributed by atoms with Crippen molar-refractivity contribution in [2.24, 2.45) is 10.8 Å². The standard InChI is InChI=1S/C11H19N5S/c1-6-10(17-8(3)13-6)7(2)14-11(16-12)15-9-4-5-9/h7,9H,4-5,12H2,1-3H3,(H2,14,15,16). The summed E-state index contributed by atoms with van der Waals surface area (Å²) < 4.78 is 0. The van der Waals surface area contributed by atoms with E-state index in [4.69, 9.17) is 5.84 Å². The number of hydrogen-bond acceptors (Lipinski definition) is 4. The van der Waals surface area contributed by atoms with Crippen molar-refractivity contribution >= 4 is 17.3 Å². The van der Waals surface area contributed by atoms with Crippen molar-refractivity contribution in [3.05, 3.63) is 15.6 Å². The highest BCUT2D eigenvalue weighted by atomic mass is 32.1. The summed E-state index contributed by atoms with van der Waals surface area (Å²) in [5, 5.41) is 4.38. The molecule has 0 aliphatic heterocycles. The lowest BCUT2D eigenvalue weighted by atomic mass is 10.2. The summed E-state index contributed by atoms with van der Waals surface area (Å²) >= 11 is 1.71. The molecule has 1 aliphatic carbocycles. The summed E-state index contributed by atoms with van der Waals surface area (Å²) in [6.45, 7) is 6.15. The molecule has 1 saturated carbocycles. The monoisotopic (exact) mass is 253 g/mol. The van der Waals surface area contributed by atoms with Gasteiger partial charge in [0.05, 0.1) is 22.8 Å². The molecule has 1 aromatic rings. The van der Waals surface area contributed by atoms with Gasteiger partial charge in [-0.05, 0) is 33.6 Å². The Balaban J connectivity index is 2.04. The molecule has 6 heteroatoms. The van der Waals surface area contributed by atoms with Crippen LogP contribution in [0.15, 0.2) is 4.99 Å². The molecule has 2 rings (SSSR count). The van der Waals surface area contributed by atoms with E-state index in [-0.39, 0.29) is 6.04 Å². The molecule has 5 nitrogen and oxygen atoms in total. The average molecular weight is 253 g/mol. The van der Waals surface area contributed by atoms with Crippen LogP contribution in [0.3, 0.4) is 0 Å². The van der Waals surface area contributed by atoms with E-state index in [0.717, 1.165) is 10.7 Å². The number of nitrogens with zero attached hydrogens (tertiary/aromatic N) is 2. The maximum atomic E-state index is 5.46. The zero-order valence-corrected chi connectivity index (χ0v) is 11.3. The van der Waals surface area contributed by atoms with Crippen LogP contribution in [0.1, 0.15) is 41.4 Å². The van der Waals surface area contributed by atoms with E-state index in [1.807, 2.05) is 13.8 Å². The molecule has 1 fully saturated rings. The Labute approximate surface area is 106 Å². The Morgan fingerprint density at radius 3 is 2.71 bits per heavy atom. The maximum absolute atomic E-state index is 5.46. The largest absolute Gasteiger partial charge is 0.348 e. The van der Waals surface area contributed by atoms with Gasteiger partial charge < -0.3 is 5.32 Å². The van der Waals surface area contributed by atoms with Crippen molar-refractivity contribution in [1.82, 2.24) is 15.7 Å². The molecule has 0 spiro atoms. The third kappa shape index (κ3) is 3.17. The summed E-state index contributed by atoms with van der Waals surface area (Å²) in [7, 11) is 0. The number of hydrogen-bond donors (Lipinski definition) is 3. The van der Waals surface area contributed by atoms with Gasteiger partial charge >= 0.3 is 0 Å². The molecule has 17 heavy (non-hydrogen) atoms. The molecule has 0 saturated heterocycles. The molecule has 0 radical (unpaired) electrons. The number of hydrazine groups is 1. The van der Waals surface area contributed by atoms with Gasteiger partial charge in [0.25, 0.3) is 0 Å². The molecular weight excluding hydrogens is 234 g/mol. The van der Waals surface area contributed by atoms with Gasteiger partial charge in [0.15, 0.2) is 0 Å². The van der Waals surface area contributed by atoms with Gasteiger partial charge in [-0.15, -0.1) is 11.3 Å². The smallest absolute Gasteiger partial charge is 0.206 e. The number of aryl methyl sites for hydroxylation is 2. The van der Waals surface area contributed by atoms with Crippen LogP contribution in [0.4, 0.5) is 0 Å². The van der Waals surface area contributed by atoms with Gasteiger partial charge in [-0.25, -0.2) is 15.8 Å². The van der Waals surface area contributed by atoms with Crippen molar-refractivity contribution in [1.29, 1.82) is 0 Å². The van der Waals surface area contributed by atoms with Crippen LogP contribution in [0.2, 0.25) is 0 Å². The van der Waals surface area contributed by atoms with E-state index in [1.54, 1.807) is 11.3 Å². The molecule has 0 amide bonds. The van der Waals surface area contributed by atoms with E-state index < -0.39 is 0 Å². The fourth-order valence-electron chi connectivity index (χ4n) is 1.72. The number of rotatable bonds is 3. The highest BCUT2D eigenvalue weighted by molar-refractivity contribution is 7.11. The molecule has 1 unspecified atom stereocenters. The Morgan fingerprint density at radius 2 is 2.24 bits per heavy atom. The first-order valence-corrected chi connectivity index (χ1v) is 6.66. The first-order valence-electron chi connectivity index (χ1n) is 5.85. The van der Waals surface area contributed by atoms with Gasteiger partial charge in [0, 0.05) is 4.88 Å². The van der Waals surface area contributed by atoms with Crippen LogP contribution in [0.25, 0.3) is 0 Å². The molecule has 1 aliphatic rings. The maximum Gasteiger partial charge on any atom is 0.206 e. The Hall–Kier alpha value is -1.14. The normalized spacial score (nSPS) is 18.0. The van der Waals surface area contributed by atoms with Crippen LogP contribution < -0.4 is 16.6 Å². The number of nitrogens with two attached hydrogens (primary N) is 1. The van der Waals surface area contributed by atoms with Crippen molar-refractivity contribution in [3.8, 4) is 0 Å². The van der Waals surface area contributed by atoms with E-state index >= 15 is 0 Å². The molecule has 1 atom stereocenters. The number of nitrogens with one attached hydrogen (secondary N) is 2. The summed E-state index contributed by atoms with van der Waals surface area (Å²) in [6, 6.07) is 0.625. The topological polar surface area (TPSA) is 75.3 Å². The number of guanidine groups is 1. The predicted molar refractivity (Wildman–Crippen MR) is 70.9 cm³/mol. The van der Waals surface area contributed by atoms with Crippen molar-refractivity contribution in [3.63, 3.8) is 0 Å². The van der Waals surface area contributed by atoms with Crippen LogP contribution >= 0.6 is 11.3 Å². The van der Waals surface area contributed by atoms with Gasteiger partial charge in [-0.2, -0.15) is 0 Å². The second kappa shape index (κ2) is 5.01. The molecule has 1 heterocycles. The fraction of sp³-hybridized carbons (Fsp3) is 0.636. The van der Waals surface area contributed by atoms with Crippen molar-refractivity contribution < 1.29 is 0 Å². The molecule has 94 valence electrons. The van der Waals surface area contributed by atoms with Gasteiger partial charge in [0.2, 0.25) is 5.96 Å². The number of aliphatic imine (C=N–C) groups is 1. The summed E-state index contributed by atoms with van der Waals surface area (Å²) in [5.74, 6) is 6.13. The van der Waals surface area contributed by atoms with Gasteiger partial charge in [-0.1, -0.05) is 0 Å². The lowest BCUT2D eigenvalue weighted by Gasteiger charge is -2.15. The first kappa shape index (κ1) is 12.3. The minimum Gasteiger partial charge on any atom is -0.348 e. The minimum absolute atomic E-state index is 0.176. The van der Waals surface area contributed by atoms with Crippen LogP contribution in [-0.2, 0) is 0 Å².